The monoisotopic (exact) mass is 338 g/mol. The maximum absolute atomic E-state index is 11.7. The predicted molar refractivity (Wildman–Crippen MR) is 89.9 cm³/mol. The van der Waals surface area contributed by atoms with Gasteiger partial charge in [0.1, 0.15) is 0 Å². The van der Waals surface area contributed by atoms with Gasteiger partial charge < -0.3 is 0 Å². The second kappa shape index (κ2) is 6.14. The Kier molecular flexibility index (Phi) is 4.39. The summed E-state index contributed by atoms with van der Waals surface area (Å²) in [6.45, 7) is 3.47. The van der Waals surface area contributed by atoms with Crippen LogP contribution in [0.1, 0.15) is 18.9 Å². The standard InChI is InChI=1S/C16H19ClN2O2S/c1-2-19(13-7-9-22(20,21)11-13)10-14-15(17)6-5-12-4-3-8-18-16(12)14/h3-6,8,13H,2,7,9-11H2,1H3. The van der Waals surface area contributed by atoms with Crippen LogP contribution in [-0.2, 0) is 16.4 Å². The Labute approximate surface area is 136 Å². The van der Waals surface area contributed by atoms with E-state index < -0.39 is 9.84 Å². The van der Waals surface area contributed by atoms with E-state index in [1.807, 2.05) is 24.3 Å². The van der Waals surface area contributed by atoms with Gasteiger partial charge in [-0.25, -0.2) is 8.42 Å². The normalized spacial score (nSPS) is 20.8. The largest absolute Gasteiger partial charge is 0.295 e. The molecule has 0 spiro atoms. The minimum absolute atomic E-state index is 0.0741. The molecule has 1 aromatic carbocycles. The van der Waals surface area contributed by atoms with Crippen molar-refractivity contribution < 1.29 is 8.42 Å². The highest BCUT2D eigenvalue weighted by molar-refractivity contribution is 7.91. The van der Waals surface area contributed by atoms with E-state index in [-0.39, 0.29) is 17.5 Å². The summed E-state index contributed by atoms with van der Waals surface area (Å²) in [6.07, 6.45) is 2.46. The van der Waals surface area contributed by atoms with E-state index in [0.29, 0.717) is 18.0 Å². The van der Waals surface area contributed by atoms with Gasteiger partial charge in [-0.2, -0.15) is 0 Å². The maximum Gasteiger partial charge on any atom is 0.151 e. The summed E-state index contributed by atoms with van der Waals surface area (Å²) in [5, 5.41) is 1.74. The Balaban J connectivity index is 1.93. The number of nitrogens with zero attached hydrogens (tertiary/aromatic N) is 2. The second-order valence-electron chi connectivity index (χ2n) is 5.72. The zero-order valence-electron chi connectivity index (χ0n) is 12.5. The molecule has 1 aliphatic heterocycles. The molecule has 1 fully saturated rings. The molecule has 1 atom stereocenters. The summed E-state index contributed by atoms with van der Waals surface area (Å²) in [7, 11) is -2.89. The quantitative estimate of drug-likeness (QED) is 0.860. The molecule has 0 aliphatic carbocycles. The molecule has 118 valence electrons. The number of hydrogen-bond acceptors (Lipinski definition) is 4. The van der Waals surface area contributed by atoms with Crippen LogP contribution >= 0.6 is 11.6 Å². The Morgan fingerprint density at radius 2 is 2.18 bits per heavy atom. The van der Waals surface area contributed by atoms with Crippen molar-refractivity contribution in [2.24, 2.45) is 0 Å². The van der Waals surface area contributed by atoms with Crippen LogP contribution in [0.25, 0.3) is 10.9 Å². The van der Waals surface area contributed by atoms with E-state index in [2.05, 4.69) is 16.8 Å². The topological polar surface area (TPSA) is 50.3 Å². The molecule has 1 aliphatic rings. The highest BCUT2D eigenvalue weighted by atomic mass is 35.5. The van der Waals surface area contributed by atoms with Crippen molar-refractivity contribution >= 4 is 32.3 Å². The number of rotatable bonds is 4. The lowest BCUT2D eigenvalue weighted by molar-refractivity contribution is 0.215. The third kappa shape index (κ3) is 3.12. The molecule has 1 saturated heterocycles. The first kappa shape index (κ1) is 15.7. The third-order valence-corrected chi connectivity index (χ3v) is 6.42. The summed E-state index contributed by atoms with van der Waals surface area (Å²) in [5.74, 6) is 0.534. The number of sulfone groups is 1. The summed E-state index contributed by atoms with van der Waals surface area (Å²) >= 11 is 6.38. The van der Waals surface area contributed by atoms with Gasteiger partial charge in [0.2, 0.25) is 0 Å². The highest BCUT2D eigenvalue weighted by Gasteiger charge is 2.32. The molecular weight excluding hydrogens is 320 g/mol. The molecular formula is C16H19ClN2O2S. The first-order chi connectivity index (χ1) is 10.5. The predicted octanol–water partition coefficient (Wildman–Crippen LogP) is 2.90. The zero-order chi connectivity index (χ0) is 15.7. The molecule has 0 N–H and O–H groups in total. The van der Waals surface area contributed by atoms with Crippen molar-refractivity contribution in [1.29, 1.82) is 0 Å². The minimum Gasteiger partial charge on any atom is -0.295 e. The van der Waals surface area contributed by atoms with Gasteiger partial charge in [-0.3, -0.25) is 9.88 Å². The molecule has 0 saturated carbocycles. The van der Waals surface area contributed by atoms with Gasteiger partial charge in [-0.15, -0.1) is 0 Å². The van der Waals surface area contributed by atoms with Gasteiger partial charge in [-0.05, 0) is 25.1 Å². The summed E-state index contributed by atoms with van der Waals surface area (Å²) in [4.78, 5) is 6.65. The molecule has 3 rings (SSSR count). The third-order valence-electron chi connectivity index (χ3n) is 4.31. The zero-order valence-corrected chi connectivity index (χ0v) is 14.1. The van der Waals surface area contributed by atoms with Crippen molar-refractivity contribution in [2.75, 3.05) is 18.1 Å². The van der Waals surface area contributed by atoms with E-state index in [9.17, 15) is 8.42 Å². The average Bonchev–Trinajstić information content (AvgIpc) is 2.86. The number of hydrogen-bond donors (Lipinski definition) is 0. The lowest BCUT2D eigenvalue weighted by Gasteiger charge is -2.27. The maximum atomic E-state index is 11.7. The van der Waals surface area contributed by atoms with Crippen molar-refractivity contribution in [2.45, 2.75) is 25.9 Å². The summed E-state index contributed by atoms with van der Waals surface area (Å²) < 4.78 is 23.5. The van der Waals surface area contributed by atoms with Crippen molar-refractivity contribution in [3.05, 3.63) is 41.0 Å². The smallest absolute Gasteiger partial charge is 0.151 e. The fourth-order valence-corrected chi connectivity index (χ4v) is 5.07. The molecule has 1 unspecified atom stereocenters. The van der Waals surface area contributed by atoms with Crippen LogP contribution in [-0.4, -0.2) is 42.4 Å². The Bertz CT molecular complexity index is 792. The van der Waals surface area contributed by atoms with Crippen LogP contribution in [0, 0.1) is 0 Å². The molecule has 0 amide bonds. The first-order valence-electron chi connectivity index (χ1n) is 7.47. The van der Waals surface area contributed by atoms with Gasteiger partial charge in [0.15, 0.2) is 9.84 Å². The van der Waals surface area contributed by atoms with Gasteiger partial charge >= 0.3 is 0 Å². The molecule has 2 aromatic rings. The molecule has 2 heterocycles. The van der Waals surface area contributed by atoms with Crippen LogP contribution in [0.15, 0.2) is 30.5 Å². The number of fused-ring (bicyclic) bond motifs is 1. The molecule has 4 nitrogen and oxygen atoms in total. The van der Waals surface area contributed by atoms with Gasteiger partial charge in [-0.1, -0.05) is 30.7 Å². The van der Waals surface area contributed by atoms with E-state index in [4.69, 9.17) is 11.6 Å². The number of halogens is 1. The van der Waals surface area contributed by atoms with Crippen LogP contribution in [0.2, 0.25) is 5.02 Å². The van der Waals surface area contributed by atoms with Gasteiger partial charge in [0.25, 0.3) is 0 Å². The van der Waals surface area contributed by atoms with Crippen molar-refractivity contribution in [1.82, 2.24) is 9.88 Å². The van der Waals surface area contributed by atoms with Crippen LogP contribution < -0.4 is 0 Å². The van der Waals surface area contributed by atoms with E-state index in [1.165, 1.54) is 0 Å². The van der Waals surface area contributed by atoms with Crippen LogP contribution in [0.3, 0.4) is 0 Å². The fourth-order valence-electron chi connectivity index (χ4n) is 3.10. The van der Waals surface area contributed by atoms with E-state index >= 15 is 0 Å². The Morgan fingerprint density at radius 1 is 1.36 bits per heavy atom. The summed E-state index contributed by atoms with van der Waals surface area (Å²) in [5.41, 5.74) is 1.88. The second-order valence-corrected chi connectivity index (χ2v) is 8.36. The fraction of sp³-hybridized carbons (Fsp3) is 0.438. The number of aromatic nitrogens is 1. The van der Waals surface area contributed by atoms with E-state index in [1.54, 1.807) is 6.20 Å². The van der Waals surface area contributed by atoms with Crippen molar-refractivity contribution in [3.8, 4) is 0 Å². The van der Waals surface area contributed by atoms with Crippen LogP contribution in [0.5, 0.6) is 0 Å². The lowest BCUT2D eigenvalue weighted by atomic mass is 10.1. The molecule has 6 heteroatoms. The SMILES string of the molecule is CCN(Cc1c(Cl)ccc2cccnc12)C1CCS(=O)(=O)C1. The first-order valence-corrected chi connectivity index (χ1v) is 9.66. The molecule has 0 bridgehead atoms. The summed E-state index contributed by atoms with van der Waals surface area (Å²) in [6, 6.07) is 7.84. The molecule has 1 aromatic heterocycles. The van der Waals surface area contributed by atoms with Gasteiger partial charge in [0, 0.05) is 34.8 Å². The Morgan fingerprint density at radius 3 is 2.86 bits per heavy atom. The lowest BCUT2D eigenvalue weighted by Crippen LogP contribution is -2.35. The van der Waals surface area contributed by atoms with Gasteiger partial charge in [0.05, 0.1) is 17.0 Å². The number of pyridine rings is 1. The molecule has 0 radical (unpaired) electrons. The average molecular weight is 339 g/mol. The minimum atomic E-state index is -2.89. The van der Waals surface area contributed by atoms with E-state index in [0.717, 1.165) is 23.0 Å². The number of benzene rings is 1. The highest BCUT2D eigenvalue weighted by Crippen LogP contribution is 2.28. The molecule has 22 heavy (non-hydrogen) atoms. The van der Waals surface area contributed by atoms with Crippen LogP contribution in [0.4, 0.5) is 0 Å². The van der Waals surface area contributed by atoms with Crippen molar-refractivity contribution in [3.63, 3.8) is 0 Å². The Hall–Kier alpha value is -1.17.